The van der Waals surface area contributed by atoms with Gasteiger partial charge in [0.15, 0.2) is 0 Å². The predicted molar refractivity (Wildman–Crippen MR) is 179 cm³/mol. The summed E-state index contributed by atoms with van der Waals surface area (Å²) in [7, 11) is 0. The number of aromatic nitrogens is 2. The summed E-state index contributed by atoms with van der Waals surface area (Å²) in [6.45, 7) is 2.48. The predicted octanol–water partition coefficient (Wildman–Crippen LogP) is -5.68. The van der Waals surface area contributed by atoms with E-state index in [2.05, 4.69) is 49.2 Å². The quantitative estimate of drug-likeness (QED) is 0.0560. The number of aromatic amines is 1. The Morgan fingerprint density at radius 3 is 2.08 bits per heavy atom. The Labute approximate surface area is 297 Å². The number of aliphatic hydroxyl groups is 1. The SMILES string of the molecule is CC(=O)N[C@@H](CS)C(=O)N[C@@H](Cc1cnc[nH]1)C(=O)N1CCC[C@H]1C(=O)N[C@@H](CCC(N)=O)C(=O)N[C@@H](CC(N)=O)C(=O)N[C@H](C(N)=O)[C@@H](C)O. The van der Waals surface area contributed by atoms with Crippen LogP contribution in [0.1, 0.15) is 51.6 Å². The molecule has 1 saturated heterocycles. The number of likely N-dealkylation sites (tertiary alicyclic amines) is 1. The number of nitrogens with two attached hydrogens (primary N) is 3. The molecule has 51 heavy (non-hydrogen) atoms. The van der Waals surface area contributed by atoms with E-state index in [9.17, 15) is 48.3 Å². The van der Waals surface area contributed by atoms with E-state index in [1.165, 1.54) is 31.3 Å². The molecule has 0 radical (unpaired) electrons. The molecular weight excluding hydrogens is 694 g/mol. The number of nitrogens with zero attached hydrogens (tertiary/aromatic N) is 2. The summed E-state index contributed by atoms with van der Waals surface area (Å²) in [5.74, 6) is -7.87. The van der Waals surface area contributed by atoms with Crippen LogP contribution in [0.15, 0.2) is 12.5 Å². The summed E-state index contributed by atoms with van der Waals surface area (Å²) < 4.78 is 0. The Kier molecular flexibility index (Phi) is 16.3. The molecule has 0 bridgehead atoms. The van der Waals surface area contributed by atoms with Crippen molar-refractivity contribution in [2.45, 2.75) is 94.7 Å². The van der Waals surface area contributed by atoms with E-state index in [4.69, 9.17) is 17.2 Å². The van der Waals surface area contributed by atoms with Crippen molar-refractivity contribution in [1.29, 1.82) is 0 Å². The molecule has 1 aliphatic heterocycles. The summed E-state index contributed by atoms with van der Waals surface area (Å²) >= 11 is 4.10. The van der Waals surface area contributed by atoms with Gasteiger partial charge in [-0.2, -0.15) is 12.6 Å². The lowest BCUT2D eigenvalue weighted by atomic mass is 10.1. The first-order valence-corrected chi connectivity index (χ1v) is 16.5. The van der Waals surface area contributed by atoms with Gasteiger partial charge in [-0.1, -0.05) is 0 Å². The van der Waals surface area contributed by atoms with Gasteiger partial charge in [-0.05, 0) is 26.2 Å². The van der Waals surface area contributed by atoms with Crippen molar-refractivity contribution in [2.24, 2.45) is 17.2 Å². The second kappa shape index (κ2) is 19.8. The van der Waals surface area contributed by atoms with Crippen LogP contribution >= 0.6 is 12.6 Å². The van der Waals surface area contributed by atoms with Crippen molar-refractivity contribution in [1.82, 2.24) is 41.5 Å². The van der Waals surface area contributed by atoms with Gasteiger partial charge in [0.25, 0.3) is 0 Å². The first kappa shape index (κ1) is 41.9. The number of carbonyl (C=O) groups is 9. The maximum atomic E-state index is 13.9. The second-order valence-corrected chi connectivity index (χ2v) is 12.3. The Bertz CT molecular complexity index is 1460. The Morgan fingerprint density at radius 1 is 0.922 bits per heavy atom. The zero-order valence-electron chi connectivity index (χ0n) is 28.0. The van der Waals surface area contributed by atoms with Gasteiger partial charge in [-0.3, -0.25) is 43.2 Å². The van der Waals surface area contributed by atoms with E-state index in [-0.39, 0.29) is 31.6 Å². The Morgan fingerprint density at radius 2 is 1.55 bits per heavy atom. The van der Waals surface area contributed by atoms with Gasteiger partial charge in [0.2, 0.25) is 53.2 Å². The number of nitrogens with one attached hydrogen (secondary N) is 6. The van der Waals surface area contributed by atoms with Crippen molar-refractivity contribution in [3.63, 3.8) is 0 Å². The number of imidazole rings is 1. The third-order valence-corrected chi connectivity index (χ3v) is 8.11. The van der Waals surface area contributed by atoms with Crippen LogP contribution in [-0.4, -0.2) is 128 Å². The molecule has 0 unspecified atom stereocenters. The average Bonchev–Trinajstić information content (AvgIpc) is 3.75. The number of thiol groups is 1. The molecule has 1 aromatic heterocycles. The molecular formula is C29H45N11O10S. The number of aliphatic hydroxyl groups excluding tert-OH is 1. The molecule has 2 rings (SSSR count). The highest BCUT2D eigenvalue weighted by atomic mass is 32.1. The molecule has 7 atom stereocenters. The van der Waals surface area contributed by atoms with Crippen LogP contribution in [0.4, 0.5) is 0 Å². The summed E-state index contributed by atoms with van der Waals surface area (Å²) in [4.78, 5) is 122. The van der Waals surface area contributed by atoms with Gasteiger partial charge in [0.05, 0.1) is 18.9 Å². The molecule has 1 fully saturated rings. The number of rotatable bonds is 20. The molecule has 13 N–H and O–H groups in total. The minimum Gasteiger partial charge on any atom is -0.391 e. The zero-order chi connectivity index (χ0) is 38.4. The summed E-state index contributed by atoms with van der Waals surface area (Å²) in [6, 6.07) is -8.25. The number of H-pyrrole nitrogens is 1. The number of amides is 9. The summed E-state index contributed by atoms with van der Waals surface area (Å²) in [5, 5.41) is 21.7. The van der Waals surface area contributed by atoms with Crippen LogP contribution in [0.3, 0.4) is 0 Å². The van der Waals surface area contributed by atoms with Gasteiger partial charge < -0.3 is 58.8 Å². The van der Waals surface area contributed by atoms with E-state index in [0.717, 1.165) is 0 Å². The average molecular weight is 740 g/mol. The van der Waals surface area contributed by atoms with Crippen molar-refractivity contribution < 1.29 is 48.3 Å². The van der Waals surface area contributed by atoms with Crippen LogP contribution in [0.5, 0.6) is 0 Å². The maximum Gasteiger partial charge on any atom is 0.246 e. The highest BCUT2D eigenvalue weighted by molar-refractivity contribution is 7.80. The monoisotopic (exact) mass is 739 g/mol. The molecule has 1 aliphatic rings. The van der Waals surface area contributed by atoms with Crippen LogP contribution in [0.2, 0.25) is 0 Å². The first-order chi connectivity index (χ1) is 23.9. The topological polar surface area (TPSA) is 344 Å². The lowest BCUT2D eigenvalue weighted by Crippen LogP contribution is -2.60. The Hall–Kier alpha value is -5.25. The lowest BCUT2D eigenvalue weighted by Gasteiger charge is -2.30. The molecule has 282 valence electrons. The van der Waals surface area contributed by atoms with E-state index in [1.807, 2.05) is 0 Å². The van der Waals surface area contributed by atoms with Crippen molar-refractivity contribution >= 4 is 65.8 Å². The van der Waals surface area contributed by atoms with E-state index >= 15 is 0 Å². The highest BCUT2D eigenvalue weighted by Crippen LogP contribution is 2.20. The van der Waals surface area contributed by atoms with Crippen LogP contribution < -0.4 is 43.8 Å². The van der Waals surface area contributed by atoms with Gasteiger partial charge in [0, 0.05) is 44.0 Å². The largest absolute Gasteiger partial charge is 0.391 e. The highest BCUT2D eigenvalue weighted by Gasteiger charge is 2.40. The van der Waals surface area contributed by atoms with Gasteiger partial charge in [0.1, 0.15) is 36.3 Å². The third kappa shape index (κ3) is 13.2. The minimum absolute atomic E-state index is 0.0621. The fourth-order valence-corrected chi connectivity index (χ4v) is 5.48. The molecule has 0 aromatic carbocycles. The standard InChI is InChI=1S/C29H45N11O10S/c1-13(41)23(24(32)45)39-26(47)17(9-22(31)44)37-25(46)16(5-6-21(30)43)36-28(49)20-4-3-7-40(20)29(50)18(8-15-10-33-12-34-15)38-27(48)19(11-51)35-14(2)42/h10,12-13,16-20,23,41,51H,3-9,11H2,1-2H3,(H2,30,43)(H2,31,44)(H2,32,45)(H,33,34)(H,35,42)(H,36,49)(H,37,46)(H,38,48)(H,39,47)/t13-,16+,17+,18+,19+,20+,23+/m1/s1. The first-order valence-electron chi connectivity index (χ1n) is 15.9. The number of hydrogen-bond donors (Lipinski definition) is 11. The van der Waals surface area contributed by atoms with Crippen LogP contribution in [0.25, 0.3) is 0 Å². The molecule has 22 heteroatoms. The van der Waals surface area contributed by atoms with Gasteiger partial charge in [-0.15, -0.1) is 0 Å². The Balaban J connectivity index is 2.31. The second-order valence-electron chi connectivity index (χ2n) is 11.9. The van der Waals surface area contributed by atoms with E-state index in [0.29, 0.717) is 12.1 Å². The summed E-state index contributed by atoms with van der Waals surface area (Å²) in [6.07, 6.45) is 0.308. The van der Waals surface area contributed by atoms with Crippen LogP contribution in [0, 0.1) is 0 Å². The smallest absolute Gasteiger partial charge is 0.246 e. The zero-order valence-corrected chi connectivity index (χ0v) is 28.9. The molecule has 9 amide bonds. The summed E-state index contributed by atoms with van der Waals surface area (Å²) in [5.41, 5.74) is 16.2. The minimum atomic E-state index is -1.70. The lowest BCUT2D eigenvalue weighted by molar-refractivity contribution is -0.142. The molecule has 0 spiro atoms. The normalized spacial score (nSPS) is 17.4. The molecule has 2 heterocycles. The van der Waals surface area contributed by atoms with Crippen molar-refractivity contribution in [2.75, 3.05) is 12.3 Å². The van der Waals surface area contributed by atoms with E-state index < -0.39 is 108 Å². The molecule has 0 saturated carbocycles. The van der Waals surface area contributed by atoms with Crippen molar-refractivity contribution in [3.8, 4) is 0 Å². The maximum absolute atomic E-state index is 13.9. The van der Waals surface area contributed by atoms with Gasteiger partial charge in [-0.25, -0.2) is 4.98 Å². The van der Waals surface area contributed by atoms with Gasteiger partial charge >= 0.3 is 0 Å². The molecule has 1 aromatic rings. The molecule has 0 aliphatic carbocycles. The fourth-order valence-electron chi connectivity index (χ4n) is 5.22. The van der Waals surface area contributed by atoms with Crippen molar-refractivity contribution in [3.05, 3.63) is 18.2 Å². The number of carbonyl (C=O) groups excluding carboxylic acids is 9. The fraction of sp³-hybridized carbons (Fsp3) is 0.586. The number of primary amides is 3. The number of hydrogen-bond acceptors (Lipinski definition) is 12. The third-order valence-electron chi connectivity index (χ3n) is 7.75. The van der Waals surface area contributed by atoms with Crippen LogP contribution in [-0.2, 0) is 49.6 Å². The van der Waals surface area contributed by atoms with E-state index in [1.54, 1.807) is 0 Å². The molecule has 21 nitrogen and oxygen atoms in total.